The van der Waals surface area contributed by atoms with Crippen LogP contribution in [0.1, 0.15) is 0 Å². The lowest BCUT2D eigenvalue weighted by Gasteiger charge is -1.85. The molecule has 0 aromatic carbocycles. The van der Waals surface area contributed by atoms with Gasteiger partial charge in [-0.2, -0.15) is 0 Å². The molecule has 1 fully saturated rings. The summed E-state index contributed by atoms with van der Waals surface area (Å²) in [7, 11) is 0. The molecule has 0 aromatic rings. The Kier molecular flexibility index (Phi) is 1.26. The molecule has 0 bridgehead atoms. The van der Waals surface area contributed by atoms with Crippen LogP contribution in [-0.4, -0.2) is 13.4 Å². The van der Waals surface area contributed by atoms with E-state index >= 15 is 0 Å². The molecule has 1 heterocycles. The van der Waals surface area contributed by atoms with Crippen molar-refractivity contribution in [3.63, 3.8) is 0 Å². The number of hydrogen-bond acceptors (Lipinski definition) is 2. The molecule has 0 radical (unpaired) electrons. The fourth-order valence-corrected chi connectivity index (χ4v) is 0.364. The van der Waals surface area contributed by atoms with Gasteiger partial charge in [0, 0.05) is 0 Å². The van der Waals surface area contributed by atoms with Gasteiger partial charge in [0.15, 0.2) is 12.6 Å². The number of hydrogen-bond donors (Lipinski definition) is 0. The van der Waals surface area contributed by atoms with Crippen molar-refractivity contribution in [3.05, 3.63) is 12.1 Å². The summed E-state index contributed by atoms with van der Waals surface area (Å²) in [5.41, 5.74) is 0. The van der Waals surface area contributed by atoms with Gasteiger partial charge in [-0.15, -0.1) is 0 Å². The summed E-state index contributed by atoms with van der Waals surface area (Å²) in [5.74, 6) is 0.278. The molecule has 1 saturated heterocycles. The molecule has 1 aliphatic rings. The third-order valence-electron chi connectivity index (χ3n) is 0.694. The summed E-state index contributed by atoms with van der Waals surface area (Å²) in [6.45, 7) is 0.465. The lowest BCUT2D eigenvalue weighted by Crippen LogP contribution is -1.78. The standard InChI is InChI=1S/C4H5FO2/c5-1-4-2-6-3-7-4/h1H,2-3H2. The van der Waals surface area contributed by atoms with Gasteiger partial charge in [0.1, 0.15) is 12.9 Å². The summed E-state index contributed by atoms with van der Waals surface area (Å²) in [5, 5.41) is 0. The first kappa shape index (κ1) is 4.59. The smallest absolute Gasteiger partial charge is 0.189 e. The first-order chi connectivity index (χ1) is 3.43. The predicted molar refractivity (Wildman–Crippen MR) is 21.1 cm³/mol. The Balaban J connectivity index is 2.41. The van der Waals surface area contributed by atoms with E-state index in [0.29, 0.717) is 6.33 Å². The van der Waals surface area contributed by atoms with Gasteiger partial charge in [0.05, 0.1) is 0 Å². The minimum absolute atomic E-state index is 0.190. The van der Waals surface area contributed by atoms with E-state index in [1.807, 2.05) is 0 Å². The van der Waals surface area contributed by atoms with Gasteiger partial charge in [-0.25, -0.2) is 4.39 Å². The van der Waals surface area contributed by atoms with Crippen LogP contribution in [0.25, 0.3) is 0 Å². The van der Waals surface area contributed by atoms with Crippen molar-refractivity contribution >= 4 is 0 Å². The van der Waals surface area contributed by atoms with Gasteiger partial charge >= 0.3 is 0 Å². The van der Waals surface area contributed by atoms with Crippen LogP contribution in [0.5, 0.6) is 0 Å². The molecular weight excluding hydrogens is 99.0 g/mol. The number of rotatable bonds is 0. The van der Waals surface area contributed by atoms with E-state index in [-0.39, 0.29) is 19.2 Å². The van der Waals surface area contributed by atoms with Crippen LogP contribution in [-0.2, 0) is 9.47 Å². The lowest BCUT2D eigenvalue weighted by molar-refractivity contribution is 0.0795. The highest BCUT2D eigenvalue weighted by Gasteiger charge is 2.05. The summed E-state index contributed by atoms with van der Waals surface area (Å²) in [6, 6.07) is 0. The van der Waals surface area contributed by atoms with Gasteiger partial charge in [0.2, 0.25) is 0 Å². The maximum Gasteiger partial charge on any atom is 0.189 e. The van der Waals surface area contributed by atoms with E-state index in [4.69, 9.17) is 0 Å². The minimum Gasteiger partial charge on any atom is -0.467 e. The Morgan fingerprint density at radius 2 is 2.57 bits per heavy atom. The van der Waals surface area contributed by atoms with Crippen LogP contribution < -0.4 is 0 Å². The van der Waals surface area contributed by atoms with E-state index in [1.165, 1.54) is 0 Å². The maximum atomic E-state index is 11.3. The highest BCUT2D eigenvalue weighted by molar-refractivity contribution is 4.88. The second-order valence-electron chi connectivity index (χ2n) is 1.19. The molecular formula is C4H5FO2. The lowest BCUT2D eigenvalue weighted by atomic mass is 10.6. The molecule has 7 heavy (non-hydrogen) atoms. The van der Waals surface area contributed by atoms with Crippen molar-refractivity contribution in [2.45, 2.75) is 0 Å². The molecule has 0 amide bonds. The summed E-state index contributed by atoms with van der Waals surface area (Å²) in [4.78, 5) is 0. The van der Waals surface area contributed by atoms with Gasteiger partial charge < -0.3 is 9.47 Å². The molecule has 0 unspecified atom stereocenters. The van der Waals surface area contributed by atoms with Crippen LogP contribution >= 0.6 is 0 Å². The van der Waals surface area contributed by atoms with Crippen molar-refractivity contribution in [1.82, 2.24) is 0 Å². The highest BCUT2D eigenvalue weighted by atomic mass is 19.1. The zero-order valence-electron chi connectivity index (χ0n) is 3.69. The second kappa shape index (κ2) is 1.93. The SMILES string of the molecule is FC=C1COCO1. The van der Waals surface area contributed by atoms with Crippen molar-refractivity contribution in [2.24, 2.45) is 0 Å². The molecule has 0 atom stereocenters. The average Bonchev–Trinajstić information content (AvgIpc) is 2.14. The van der Waals surface area contributed by atoms with Crippen LogP contribution in [0.3, 0.4) is 0 Å². The minimum atomic E-state index is 0.190. The third-order valence-corrected chi connectivity index (χ3v) is 0.694. The largest absolute Gasteiger partial charge is 0.467 e. The van der Waals surface area contributed by atoms with Gasteiger partial charge in [-0.1, -0.05) is 0 Å². The molecule has 3 heteroatoms. The average molecular weight is 104 g/mol. The Morgan fingerprint density at radius 3 is 2.86 bits per heavy atom. The Labute approximate surface area is 40.5 Å². The van der Waals surface area contributed by atoms with E-state index in [9.17, 15) is 4.39 Å². The number of ether oxygens (including phenoxy) is 2. The molecule has 1 aliphatic heterocycles. The van der Waals surface area contributed by atoms with Crippen LogP contribution in [0.15, 0.2) is 12.1 Å². The van der Waals surface area contributed by atoms with Crippen molar-refractivity contribution in [1.29, 1.82) is 0 Å². The molecule has 0 N–H and O–H groups in total. The van der Waals surface area contributed by atoms with Gasteiger partial charge in [-0.3, -0.25) is 0 Å². The first-order valence-corrected chi connectivity index (χ1v) is 1.93. The summed E-state index contributed by atoms with van der Waals surface area (Å²) >= 11 is 0. The topological polar surface area (TPSA) is 18.5 Å². The van der Waals surface area contributed by atoms with Gasteiger partial charge in [0.25, 0.3) is 0 Å². The normalized spacial score (nSPS) is 25.6. The maximum absolute atomic E-state index is 11.3. The molecule has 2 nitrogen and oxygen atoms in total. The van der Waals surface area contributed by atoms with Crippen molar-refractivity contribution in [3.8, 4) is 0 Å². The zero-order chi connectivity index (χ0) is 5.11. The van der Waals surface area contributed by atoms with Crippen LogP contribution in [0.2, 0.25) is 0 Å². The second-order valence-corrected chi connectivity index (χ2v) is 1.19. The fourth-order valence-electron chi connectivity index (χ4n) is 0.364. The first-order valence-electron chi connectivity index (χ1n) is 1.93. The van der Waals surface area contributed by atoms with Crippen molar-refractivity contribution < 1.29 is 13.9 Å². The van der Waals surface area contributed by atoms with Crippen LogP contribution in [0.4, 0.5) is 4.39 Å². The van der Waals surface area contributed by atoms with E-state index in [2.05, 4.69) is 9.47 Å². The predicted octanol–water partition coefficient (Wildman–Crippen LogP) is 0.802. The van der Waals surface area contributed by atoms with E-state index in [0.717, 1.165) is 0 Å². The molecule has 1 rings (SSSR count). The molecule has 40 valence electrons. The van der Waals surface area contributed by atoms with Crippen molar-refractivity contribution in [2.75, 3.05) is 13.4 Å². The zero-order valence-corrected chi connectivity index (χ0v) is 3.69. The molecule has 0 saturated carbocycles. The van der Waals surface area contributed by atoms with E-state index in [1.54, 1.807) is 0 Å². The monoisotopic (exact) mass is 104 g/mol. The Hall–Kier alpha value is -0.570. The van der Waals surface area contributed by atoms with Crippen LogP contribution in [0, 0.1) is 0 Å². The summed E-state index contributed by atoms with van der Waals surface area (Å²) in [6.07, 6.45) is 0.410. The third kappa shape index (κ3) is 0.899. The summed E-state index contributed by atoms with van der Waals surface area (Å²) < 4.78 is 20.5. The number of halogens is 1. The Morgan fingerprint density at radius 1 is 1.71 bits per heavy atom. The van der Waals surface area contributed by atoms with E-state index < -0.39 is 0 Å². The molecule has 0 aromatic heterocycles. The molecule has 0 aliphatic carbocycles. The van der Waals surface area contributed by atoms with Gasteiger partial charge in [-0.05, 0) is 0 Å². The molecule has 0 spiro atoms. The fraction of sp³-hybridized carbons (Fsp3) is 0.500. The quantitative estimate of drug-likeness (QED) is 0.452. The highest BCUT2D eigenvalue weighted by Crippen LogP contribution is 2.05. The Bertz CT molecular complexity index is 81.7.